The quantitative estimate of drug-likeness (QED) is 0.374. The van der Waals surface area contributed by atoms with Crippen molar-refractivity contribution in [1.29, 1.82) is 0 Å². The molecule has 4 rings (SSSR count). The largest absolute Gasteiger partial charge is 0.489 e. The van der Waals surface area contributed by atoms with Crippen molar-refractivity contribution in [3.05, 3.63) is 101 Å². The summed E-state index contributed by atoms with van der Waals surface area (Å²) in [5.41, 5.74) is 4.80. The van der Waals surface area contributed by atoms with Crippen LogP contribution in [0.25, 0.3) is 0 Å². The average molecular weight is 473 g/mol. The van der Waals surface area contributed by atoms with E-state index < -0.39 is 5.97 Å². The van der Waals surface area contributed by atoms with Crippen LogP contribution in [0.3, 0.4) is 0 Å². The van der Waals surface area contributed by atoms with Gasteiger partial charge in [-0.1, -0.05) is 66.7 Å². The average Bonchev–Trinajstić information content (AvgIpc) is 3.40. The normalized spacial score (nSPS) is 14.8. The lowest BCUT2D eigenvalue weighted by molar-refractivity contribution is -0.136. The molecule has 0 bridgehead atoms. The smallest absolute Gasteiger partial charge is 0.303 e. The van der Waals surface area contributed by atoms with E-state index in [1.165, 1.54) is 37.1 Å². The van der Waals surface area contributed by atoms with Crippen LogP contribution in [0.1, 0.15) is 47.6 Å². The minimum Gasteiger partial charge on any atom is -0.489 e. The first-order chi connectivity index (χ1) is 17.1. The molecule has 0 aromatic heterocycles. The zero-order valence-electron chi connectivity index (χ0n) is 20.6. The SMILES string of the molecule is CN(Cc1ccc(COc2ccc(CCC(=O)O)cc2)cc1)C(CN1CCCC1)c1ccccc1. The van der Waals surface area contributed by atoms with E-state index in [2.05, 4.69) is 71.4 Å². The van der Waals surface area contributed by atoms with Crippen LogP contribution in [-0.2, 0) is 24.4 Å². The number of carboxylic acid groups (broad SMARTS) is 1. The Kier molecular flexibility index (Phi) is 8.93. The highest BCUT2D eigenvalue weighted by molar-refractivity contribution is 5.67. The van der Waals surface area contributed by atoms with Gasteiger partial charge in [-0.05, 0) is 73.8 Å². The van der Waals surface area contributed by atoms with Crippen molar-refractivity contribution in [2.45, 2.75) is 44.9 Å². The van der Waals surface area contributed by atoms with Crippen LogP contribution in [0.4, 0.5) is 0 Å². The zero-order chi connectivity index (χ0) is 24.5. The number of aryl methyl sites for hydroxylation is 1. The Hall–Kier alpha value is -3.15. The van der Waals surface area contributed by atoms with E-state index in [9.17, 15) is 4.79 Å². The van der Waals surface area contributed by atoms with Gasteiger partial charge in [0.15, 0.2) is 0 Å². The highest BCUT2D eigenvalue weighted by Gasteiger charge is 2.22. The van der Waals surface area contributed by atoms with Gasteiger partial charge >= 0.3 is 5.97 Å². The molecule has 0 radical (unpaired) electrons. The molecule has 1 saturated heterocycles. The predicted octanol–water partition coefficient (Wildman–Crippen LogP) is 5.55. The third kappa shape index (κ3) is 7.67. The molecule has 1 heterocycles. The number of hydrogen-bond acceptors (Lipinski definition) is 4. The van der Waals surface area contributed by atoms with Crippen LogP contribution in [0.5, 0.6) is 5.75 Å². The third-order valence-electron chi connectivity index (χ3n) is 6.76. The molecule has 35 heavy (non-hydrogen) atoms. The van der Waals surface area contributed by atoms with Crippen molar-refractivity contribution >= 4 is 5.97 Å². The lowest BCUT2D eigenvalue weighted by Gasteiger charge is -2.32. The van der Waals surface area contributed by atoms with Gasteiger partial charge < -0.3 is 14.7 Å². The van der Waals surface area contributed by atoms with E-state index in [1.54, 1.807) is 0 Å². The number of likely N-dealkylation sites (N-methyl/N-ethyl adjacent to an activating group) is 1. The zero-order valence-corrected chi connectivity index (χ0v) is 20.6. The lowest BCUT2D eigenvalue weighted by Crippen LogP contribution is -2.34. The van der Waals surface area contributed by atoms with E-state index in [4.69, 9.17) is 9.84 Å². The molecule has 3 aromatic rings. The highest BCUT2D eigenvalue weighted by Crippen LogP contribution is 2.25. The minimum absolute atomic E-state index is 0.145. The van der Waals surface area contributed by atoms with Crippen molar-refractivity contribution in [2.75, 3.05) is 26.7 Å². The molecule has 3 aromatic carbocycles. The Balaban J connectivity index is 1.31. The van der Waals surface area contributed by atoms with Gasteiger partial charge in [-0.25, -0.2) is 0 Å². The number of aliphatic carboxylic acids is 1. The van der Waals surface area contributed by atoms with Crippen molar-refractivity contribution < 1.29 is 14.6 Å². The molecule has 0 aliphatic carbocycles. The maximum absolute atomic E-state index is 10.7. The van der Waals surface area contributed by atoms with Crippen molar-refractivity contribution in [3.63, 3.8) is 0 Å². The second kappa shape index (κ2) is 12.5. The van der Waals surface area contributed by atoms with Crippen molar-refractivity contribution in [3.8, 4) is 5.75 Å². The summed E-state index contributed by atoms with van der Waals surface area (Å²) in [5, 5.41) is 8.81. The summed E-state index contributed by atoms with van der Waals surface area (Å²) in [4.78, 5) is 15.8. The molecule has 5 heteroatoms. The van der Waals surface area contributed by atoms with Crippen LogP contribution in [-0.4, -0.2) is 47.6 Å². The van der Waals surface area contributed by atoms with Gasteiger partial charge in [0.2, 0.25) is 0 Å². The van der Waals surface area contributed by atoms with Crippen LogP contribution < -0.4 is 4.74 Å². The lowest BCUT2D eigenvalue weighted by atomic mass is 10.0. The molecule has 184 valence electrons. The van der Waals surface area contributed by atoms with Crippen LogP contribution in [0.15, 0.2) is 78.9 Å². The van der Waals surface area contributed by atoms with E-state index in [-0.39, 0.29) is 6.42 Å². The maximum atomic E-state index is 10.7. The molecule has 0 amide bonds. The topological polar surface area (TPSA) is 53.0 Å². The van der Waals surface area contributed by atoms with Gasteiger partial charge in [0, 0.05) is 25.6 Å². The molecule has 1 aliphatic rings. The first-order valence-electron chi connectivity index (χ1n) is 12.6. The van der Waals surface area contributed by atoms with Crippen LogP contribution in [0, 0.1) is 0 Å². The number of nitrogens with zero attached hydrogens (tertiary/aromatic N) is 2. The number of ether oxygens (including phenoxy) is 1. The van der Waals surface area contributed by atoms with E-state index in [1.807, 2.05) is 24.3 Å². The number of carbonyl (C=O) groups is 1. The summed E-state index contributed by atoms with van der Waals surface area (Å²) >= 11 is 0. The Morgan fingerprint density at radius 2 is 1.54 bits per heavy atom. The molecule has 1 atom stereocenters. The third-order valence-corrected chi connectivity index (χ3v) is 6.76. The van der Waals surface area contributed by atoms with Gasteiger partial charge in [0.25, 0.3) is 0 Å². The number of benzene rings is 3. The summed E-state index contributed by atoms with van der Waals surface area (Å²) < 4.78 is 5.93. The standard InChI is InChI=1S/C30H36N2O3/c1-31(29(22-32-19-5-6-20-32)27-7-3-2-4-8-27)21-25-9-11-26(12-10-25)23-35-28-16-13-24(14-17-28)15-18-30(33)34/h2-4,7-14,16-17,29H,5-6,15,18-23H2,1H3,(H,33,34). The molecule has 1 unspecified atom stereocenters. The Morgan fingerprint density at radius 1 is 0.914 bits per heavy atom. The van der Waals surface area contributed by atoms with Gasteiger partial charge in [-0.2, -0.15) is 0 Å². The van der Waals surface area contributed by atoms with Gasteiger partial charge in [0.1, 0.15) is 12.4 Å². The number of likely N-dealkylation sites (tertiary alicyclic amines) is 1. The fraction of sp³-hybridized carbons (Fsp3) is 0.367. The second-order valence-electron chi connectivity index (χ2n) is 9.49. The molecule has 0 saturated carbocycles. The monoisotopic (exact) mass is 472 g/mol. The molecular weight excluding hydrogens is 436 g/mol. The Bertz CT molecular complexity index is 1050. The summed E-state index contributed by atoms with van der Waals surface area (Å²) in [6.07, 6.45) is 3.30. The Morgan fingerprint density at radius 3 is 2.20 bits per heavy atom. The minimum atomic E-state index is -0.776. The van der Waals surface area contributed by atoms with E-state index >= 15 is 0 Å². The van der Waals surface area contributed by atoms with E-state index in [0.717, 1.165) is 30.0 Å². The molecule has 1 N–H and O–H groups in total. The fourth-order valence-electron chi connectivity index (χ4n) is 4.69. The number of carboxylic acids is 1. The molecule has 1 aliphatic heterocycles. The summed E-state index contributed by atoms with van der Waals surface area (Å²) in [6.45, 7) is 4.88. The van der Waals surface area contributed by atoms with Gasteiger partial charge in [-0.3, -0.25) is 9.69 Å². The van der Waals surface area contributed by atoms with Crippen molar-refractivity contribution in [1.82, 2.24) is 9.80 Å². The summed E-state index contributed by atoms with van der Waals surface area (Å²) in [5.74, 6) is 0.0163. The summed E-state index contributed by atoms with van der Waals surface area (Å²) in [6, 6.07) is 27.6. The fourth-order valence-corrected chi connectivity index (χ4v) is 4.69. The Labute approximate surface area is 209 Å². The van der Waals surface area contributed by atoms with Gasteiger partial charge in [-0.15, -0.1) is 0 Å². The van der Waals surface area contributed by atoms with Gasteiger partial charge in [0.05, 0.1) is 0 Å². The molecule has 0 spiro atoms. The number of hydrogen-bond donors (Lipinski definition) is 1. The maximum Gasteiger partial charge on any atom is 0.303 e. The molecular formula is C30H36N2O3. The molecule has 5 nitrogen and oxygen atoms in total. The van der Waals surface area contributed by atoms with Crippen LogP contribution >= 0.6 is 0 Å². The summed E-state index contributed by atoms with van der Waals surface area (Å²) in [7, 11) is 2.23. The number of rotatable bonds is 12. The van der Waals surface area contributed by atoms with Crippen molar-refractivity contribution in [2.24, 2.45) is 0 Å². The highest BCUT2D eigenvalue weighted by atomic mass is 16.5. The van der Waals surface area contributed by atoms with Crippen LogP contribution in [0.2, 0.25) is 0 Å². The predicted molar refractivity (Wildman–Crippen MR) is 139 cm³/mol. The van der Waals surface area contributed by atoms with E-state index in [0.29, 0.717) is 19.1 Å². The first kappa shape index (κ1) is 25.0. The second-order valence-corrected chi connectivity index (χ2v) is 9.49. The first-order valence-corrected chi connectivity index (χ1v) is 12.6. The molecule has 1 fully saturated rings.